The summed E-state index contributed by atoms with van der Waals surface area (Å²) in [6, 6.07) is 8.44. The second-order valence-electron chi connectivity index (χ2n) is 4.78. The average Bonchev–Trinajstić information content (AvgIpc) is 2.38. The molecule has 2 nitrogen and oxygen atoms in total. The van der Waals surface area contributed by atoms with Crippen molar-refractivity contribution >= 4 is 12.0 Å². The molecule has 0 spiro atoms. The number of esters is 1. The Morgan fingerprint density at radius 2 is 1.95 bits per heavy atom. The van der Waals surface area contributed by atoms with Gasteiger partial charge >= 0.3 is 5.97 Å². The van der Waals surface area contributed by atoms with E-state index in [1.54, 1.807) is 0 Å². The highest BCUT2D eigenvalue weighted by Gasteiger charge is 2.03. The highest BCUT2D eigenvalue weighted by molar-refractivity contribution is 5.66. The fourth-order valence-electron chi connectivity index (χ4n) is 2.09. The maximum Gasteiger partial charge on any atom is 0.302 e. The van der Waals surface area contributed by atoms with Gasteiger partial charge < -0.3 is 4.74 Å². The van der Waals surface area contributed by atoms with Crippen molar-refractivity contribution in [1.29, 1.82) is 0 Å². The van der Waals surface area contributed by atoms with E-state index in [4.69, 9.17) is 4.74 Å². The Balaban J connectivity index is 2.90. The molecule has 0 unspecified atom stereocenters. The summed E-state index contributed by atoms with van der Waals surface area (Å²) in [5.74, 6) is -0.219. The van der Waals surface area contributed by atoms with Crippen LogP contribution in [0.2, 0.25) is 0 Å². The lowest BCUT2D eigenvalue weighted by molar-refractivity contribution is -0.140. The van der Waals surface area contributed by atoms with E-state index in [1.165, 1.54) is 23.6 Å². The molecule has 0 saturated carbocycles. The zero-order chi connectivity index (χ0) is 14.1. The molecule has 0 aliphatic rings. The van der Waals surface area contributed by atoms with Gasteiger partial charge in [-0.2, -0.15) is 0 Å². The lowest BCUT2D eigenvalue weighted by atomic mass is 10.00. The van der Waals surface area contributed by atoms with Crippen LogP contribution >= 0.6 is 0 Å². The van der Waals surface area contributed by atoms with E-state index in [0.717, 1.165) is 25.7 Å². The van der Waals surface area contributed by atoms with Crippen molar-refractivity contribution < 1.29 is 9.53 Å². The van der Waals surface area contributed by atoms with Crippen molar-refractivity contribution in [1.82, 2.24) is 0 Å². The molecule has 1 rings (SSSR count). The highest BCUT2D eigenvalue weighted by Crippen LogP contribution is 2.17. The van der Waals surface area contributed by atoms with Gasteiger partial charge in [-0.3, -0.25) is 4.79 Å². The van der Waals surface area contributed by atoms with E-state index in [0.29, 0.717) is 6.61 Å². The van der Waals surface area contributed by atoms with Crippen LogP contribution in [0.4, 0.5) is 0 Å². The first-order chi connectivity index (χ1) is 9.17. The molecule has 1 aromatic rings. The quantitative estimate of drug-likeness (QED) is 0.680. The molecule has 19 heavy (non-hydrogen) atoms. The summed E-state index contributed by atoms with van der Waals surface area (Å²) in [5, 5.41) is 0. The second kappa shape index (κ2) is 8.52. The fourth-order valence-corrected chi connectivity index (χ4v) is 2.09. The first-order valence-electron chi connectivity index (χ1n) is 7.08. The molecule has 0 atom stereocenters. The highest BCUT2D eigenvalue weighted by atomic mass is 16.5. The van der Waals surface area contributed by atoms with E-state index < -0.39 is 0 Å². The molecule has 0 saturated heterocycles. The van der Waals surface area contributed by atoms with Crippen molar-refractivity contribution in [2.24, 2.45) is 0 Å². The van der Waals surface area contributed by atoms with Gasteiger partial charge in [-0.05, 0) is 29.5 Å². The minimum absolute atomic E-state index is 0.219. The normalized spacial score (nSPS) is 11.4. The molecule has 0 radical (unpaired) electrons. The Morgan fingerprint density at radius 1 is 1.21 bits per heavy atom. The van der Waals surface area contributed by atoms with E-state index in [1.807, 2.05) is 0 Å². The minimum atomic E-state index is -0.219. The number of benzene rings is 1. The largest absolute Gasteiger partial charge is 0.461 e. The predicted octanol–water partition coefficient (Wildman–Crippen LogP) is 4.39. The molecule has 1 aromatic carbocycles. The monoisotopic (exact) mass is 260 g/mol. The number of rotatable bonds is 7. The van der Waals surface area contributed by atoms with Crippen molar-refractivity contribution in [3.8, 4) is 0 Å². The van der Waals surface area contributed by atoms with Gasteiger partial charge in [0.05, 0.1) is 0 Å². The Morgan fingerprint density at radius 3 is 2.58 bits per heavy atom. The molecule has 0 aliphatic heterocycles. The first kappa shape index (κ1) is 15.5. The van der Waals surface area contributed by atoms with Crippen LogP contribution in [0.5, 0.6) is 0 Å². The molecule has 0 aromatic heterocycles. The summed E-state index contributed by atoms with van der Waals surface area (Å²) in [6.07, 6.45) is 6.42. The zero-order valence-electron chi connectivity index (χ0n) is 12.2. The van der Waals surface area contributed by atoms with Crippen molar-refractivity contribution in [2.45, 2.75) is 46.5 Å². The summed E-state index contributed by atoms with van der Waals surface area (Å²) < 4.78 is 5.12. The molecule has 0 aliphatic carbocycles. The van der Waals surface area contributed by atoms with Gasteiger partial charge in [0.2, 0.25) is 0 Å². The van der Waals surface area contributed by atoms with Crippen LogP contribution in [-0.4, -0.2) is 12.6 Å². The SMILES string of the molecule is CCCC(=Cc1ccccc1CCC)COC(C)=O. The Bertz CT molecular complexity index is 433. The standard InChI is InChI=1S/C17H24O2/c1-4-8-15(13-19-14(3)18)12-17-11-7-6-10-16(17)9-5-2/h6-7,10-12H,4-5,8-9,13H2,1-3H3. The van der Waals surface area contributed by atoms with Crippen LogP contribution in [0.1, 0.15) is 51.2 Å². The van der Waals surface area contributed by atoms with E-state index in [2.05, 4.69) is 44.2 Å². The molecule has 0 bridgehead atoms. The summed E-state index contributed by atoms with van der Waals surface area (Å²) in [5.41, 5.74) is 3.79. The second-order valence-corrected chi connectivity index (χ2v) is 4.78. The van der Waals surface area contributed by atoms with Crippen LogP contribution in [0, 0.1) is 0 Å². The van der Waals surface area contributed by atoms with Crippen molar-refractivity contribution in [3.05, 3.63) is 41.0 Å². The van der Waals surface area contributed by atoms with Gasteiger partial charge in [-0.1, -0.05) is 57.0 Å². The molecule has 0 heterocycles. The molecule has 0 amide bonds. The van der Waals surface area contributed by atoms with E-state index in [-0.39, 0.29) is 5.97 Å². The number of hydrogen-bond donors (Lipinski definition) is 0. The summed E-state index contributed by atoms with van der Waals surface area (Å²) in [7, 11) is 0. The Kier molecular flexibility index (Phi) is 6.94. The zero-order valence-corrected chi connectivity index (χ0v) is 12.2. The summed E-state index contributed by atoms with van der Waals surface area (Å²) in [6.45, 7) is 6.18. The first-order valence-corrected chi connectivity index (χ1v) is 7.08. The molecule has 0 fully saturated rings. The van der Waals surface area contributed by atoms with Gasteiger partial charge in [-0.15, -0.1) is 0 Å². The maximum atomic E-state index is 10.9. The number of aryl methyl sites for hydroxylation is 1. The van der Waals surface area contributed by atoms with Gasteiger partial charge in [-0.25, -0.2) is 0 Å². The number of hydrogen-bond acceptors (Lipinski definition) is 2. The summed E-state index contributed by atoms with van der Waals surface area (Å²) in [4.78, 5) is 10.9. The maximum absolute atomic E-state index is 10.9. The predicted molar refractivity (Wildman–Crippen MR) is 80.0 cm³/mol. The third kappa shape index (κ3) is 5.73. The van der Waals surface area contributed by atoms with Crippen LogP contribution in [-0.2, 0) is 16.0 Å². The van der Waals surface area contributed by atoms with Gasteiger partial charge in [0.15, 0.2) is 0 Å². The number of carbonyl (C=O) groups is 1. The Hall–Kier alpha value is -1.57. The van der Waals surface area contributed by atoms with Gasteiger partial charge in [0.25, 0.3) is 0 Å². The molecule has 0 N–H and O–H groups in total. The lowest BCUT2D eigenvalue weighted by Crippen LogP contribution is -2.03. The van der Waals surface area contributed by atoms with Crippen molar-refractivity contribution in [2.75, 3.05) is 6.61 Å². The fraction of sp³-hybridized carbons (Fsp3) is 0.471. The smallest absolute Gasteiger partial charge is 0.302 e. The van der Waals surface area contributed by atoms with Crippen LogP contribution in [0.15, 0.2) is 29.8 Å². The average molecular weight is 260 g/mol. The third-order valence-electron chi connectivity index (χ3n) is 2.97. The molecule has 104 valence electrons. The number of carbonyl (C=O) groups excluding carboxylic acids is 1. The topological polar surface area (TPSA) is 26.3 Å². The molecular formula is C17H24O2. The van der Waals surface area contributed by atoms with Gasteiger partial charge in [0, 0.05) is 6.92 Å². The minimum Gasteiger partial charge on any atom is -0.461 e. The molecular weight excluding hydrogens is 236 g/mol. The summed E-state index contributed by atoms with van der Waals surface area (Å²) >= 11 is 0. The third-order valence-corrected chi connectivity index (χ3v) is 2.97. The lowest BCUT2D eigenvalue weighted by Gasteiger charge is -2.09. The van der Waals surface area contributed by atoms with Crippen LogP contribution in [0.25, 0.3) is 6.08 Å². The van der Waals surface area contributed by atoms with Crippen molar-refractivity contribution in [3.63, 3.8) is 0 Å². The molecule has 2 heteroatoms. The van der Waals surface area contributed by atoms with Crippen LogP contribution < -0.4 is 0 Å². The number of ether oxygens (including phenoxy) is 1. The van der Waals surface area contributed by atoms with Gasteiger partial charge in [0.1, 0.15) is 6.61 Å². The van der Waals surface area contributed by atoms with Crippen LogP contribution in [0.3, 0.4) is 0 Å². The van der Waals surface area contributed by atoms with E-state index >= 15 is 0 Å². The Labute approximate surface area is 116 Å². The van der Waals surface area contributed by atoms with E-state index in [9.17, 15) is 4.79 Å².